The van der Waals surface area contributed by atoms with Crippen molar-refractivity contribution < 1.29 is 9.18 Å². The minimum Gasteiger partial charge on any atom is -0.374 e. The van der Waals surface area contributed by atoms with Gasteiger partial charge in [0.25, 0.3) is 0 Å². The second kappa shape index (κ2) is 6.97. The van der Waals surface area contributed by atoms with Gasteiger partial charge in [0.15, 0.2) is 0 Å². The Hall–Kier alpha value is -1.80. The molecule has 0 saturated heterocycles. The number of nitrogens with one attached hydrogen (secondary N) is 1. The molecule has 0 spiro atoms. The van der Waals surface area contributed by atoms with Gasteiger partial charge in [-0.1, -0.05) is 30.9 Å². The van der Waals surface area contributed by atoms with Crippen LogP contribution in [0.2, 0.25) is 5.02 Å². The van der Waals surface area contributed by atoms with Crippen LogP contribution in [0.25, 0.3) is 0 Å². The van der Waals surface area contributed by atoms with Gasteiger partial charge in [-0.2, -0.15) is 5.26 Å². The first kappa shape index (κ1) is 16.6. The number of hydrogen-bond donors (Lipinski definition) is 1. The number of benzene rings is 1. The Morgan fingerprint density at radius 2 is 2.14 bits per heavy atom. The van der Waals surface area contributed by atoms with Crippen LogP contribution in [0.5, 0.6) is 0 Å². The number of nitriles is 1. The Morgan fingerprint density at radius 1 is 1.45 bits per heavy atom. The summed E-state index contributed by atoms with van der Waals surface area (Å²) >= 11 is 5.82. The molecule has 4 nitrogen and oxygen atoms in total. The van der Waals surface area contributed by atoms with E-state index in [4.69, 9.17) is 11.6 Å². The average molecular weight is 324 g/mol. The molecule has 1 aromatic rings. The minimum absolute atomic E-state index is 0.0722. The molecule has 1 aliphatic rings. The van der Waals surface area contributed by atoms with E-state index in [1.54, 1.807) is 7.05 Å². The van der Waals surface area contributed by atoms with Crippen LogP contribution >= 0.6 is 11.6 Å². The van der Waals surface area contributed by atoms with Gasteiger partial charge in [0.2, 0.25) is 5.91 Å². The number of carbonyl (C=O) groups excluding carboxylic acids is 1. The molecule has 22 heavy (non-hydrogen) atoms. The summed E-state index contributed by atoms with van der Waals surface area (Å²) in [6.45, 7) is -0.0722. The number of carbonyl (C=O) groups is 1. The summed E-state index contributed by atoms with van der Waals surface area (Å²) in [5.41, 5.74) is -0.548. The molecule has 2 rings (SSSR count). The summed E-state index contributed by atoms with van der Waals surface area (Å²) in [4.78, 5) is 13.8. The Morgan fingerprint density at radius 3 is 2.77 bits per heavy atom. The van der Waals surface area contributed by atoms with Crippen molar-refractivity contribution >= 4 is 23.2 Å². The number of rotatable bonds is 4. The predicted molar refractivity (Wildman–Crippen MR) is 84.1 cm³/mol. The predicted octanol–water partition coefficient (Wildman–Crippen LogP) is 3.58. The van der Waals surface area contributed by atoms with E-state index < -0.39 is 11.4 Å². The van der Waals surface area contributed by atoms with Gasteiger partial charge in [-0.05, 0) is 31.0 Å². The number of amides is 1. The topological polar surface area (TPSA) is 56.1 Å². The van der Waals surface area contributed by atoms with Crippen LogP contribution in [0.15, 0.2) is 18.2 Å². The molecule has 1 N–H and O–H groups in total. The quantitative estimate of drug-likeness (QED) is 0.921. The SMILES string of the molecule is CN(C(=O)CNc1cc(Cl)ccc1F)C1(C#N)CCCCC1. The molecule has 1 amide bonds. The maximum absolute atomic E-state index is 13.6. The molecule has 0 aromatic heterocycles. The average Bonchev–Trinajstić information content (AvgIpc) is 2.55. The molecular weight excluding hydrogens is 305 g/mol. The monoisotopic (exact) mass is 323 g/mol. The fourth-order valence-corrected chi connectivity index (χ4v) is 2.99. The number of likely N-dealkylation sites (N-methyl/N-ethyl adjacent to an activating group) is 1. The molecule has 0 radical (unpaired) electrons. The number of nitrogens with zero attached hydrogens (tertiary/aromatic N) is 2. The van der Waals surface area contributed by atoms with Crippen molar-refractivity contribution in [3.05, 3.63) is 29.0 Å². The molecule has 1 aliphatic carbocycles. The molecule has 6 heteroatoms. The molecule has 1 aromatic carbocycles. The largest absolute Gasteiger partial charge is 0.374 e. The molecule has 0 heterocycles. The van der Waals surface area contributed by atoms with Crippen molar-refractivity contribution in [3.63, 3.8) is 0 Å². The molecular formula is C16H19ClFN3O. The van der Waals surface area contributed by atoms with E-state index in [2.05, 4.69) is 11.4 Å². The molecule has 1 saturated carbocycles. The van der Waals surface area contributed by atoms with Crippen LogP contribution in [0.4, 0.5) is 10.1 Å². The van der Waals surface area contributed by atoms with Gasteiger partial charge < -0.3 is 10.2 Å². The van der Waals surface area contributed by atoms with Crippen LogP contribution in [0.1, 0.15) is 32.1 Å². The maximum atomic E-state index is 13.6. The van der Waals surface area contributed by atoms with Crippen molar-refractivity contribution in [3.8, 4) is 6.07 Å². The summed E-state index contributed by atoms with van der Waals surface area (Å²) < 4.78 is 13.6. The van der Waals surface area contributed by atoms with Crippen LogP contribution < -0.4 is 5.32 Å². The highest BCUT2D eigenvalue weighted by atomic mass is 35.5. The first-order chi connectivity index (χ1) is 10.5. The first-order valence-corrected chi connectivity index (χ1v) is 7.73. The first-order valence-electron chi connectivity index (χ1n) is 7.35. The van der Waals surface area contributed by atoms with E-state index in [0.29, 0.717) is 17.9 Å². The van der Waals surface area contributed by atoms with Crippen LogP contribution in [0, 0.1) is 17.1 Å². The molecule has 118 valence electrons. The lowest BCUT2D eigenvalue weighted by atomic mass is 9.81. The zero-order valence-electron chi connectivity index (χ0n) is 12.5. The molecule has 1 fully saturated rings. The smallest absolute Gasteiger partial charge is 0.242 e. The minimum atomic E-state index is -0.732. The second-order valence-corrected chi connectivity index (χ2v) is 6.07. The zero-order valence-corrected chi connectivity index (χ0v) is 13.3. The highest BCUT2D eigenvalue weighted by Crippen LogP contribution is 2.32. The lowest BCUT2D eigenvalue weighted by Crippen LogP contribution is -2.51. The summed E-state index contributed by atoms with van der Waals surface area (Å²) in [6.07, 6.45) is 4.37. The normalized spacial score (nSPS) is 16.6. The van der Waals surface area contributed by atoms with Gasteiger partial charge in [-0.25, -0.2) is 4.39 Å². The summed E-state index contributed by atoms with van der Waals surface area (Å²) in [7, 11) is 1.65. The molecule has 0 atom stereocenters. The summed E-state index contributed by atoms with van der Waals surface area (Å²) in [6, 6.07) is 6.43. The van der Waals surface area contributed by atoms with Crippen LogP contribution in [-0.2, 0) is 4.79 Å². The van der Waals surface area contributed by atoms with Crippen molar-refractivity contribution in [1.82, 2.24) is 4.90 Å². The maximum Gasteiger partial charge on any atom is 0.242 e. The Bertz CT molecular complexity index is 594. The summed E-state index contributed by atoms with van der Waals surface area (Å²) in [5, 5.41) is 12.6. The Kier molecular flexibility index (Phi) is 5.25. The van der Waals surface area contributed by atoms with Gasteiger partial charge in [0.1, 0.15) is 11.4 Å². The molecule has 0 aliphatic heterocycles. The fraction of sp³-hybridized carbons (Fsp3) is 0.500. The van der Waals surface area contributed by atoms with Crippen LogP contribution in [0.3, 0.4) is 0 Å². The zero-order chi connectivity index (χ0) is 16.2. The van der Waals surface area contributed by atoms with E-state index in [1.165, 1.54) is 23.1 Å². The number of anilines is 1. The van der Waals surface area contributed by atoms with Gasteiger partial charge in [-0.3, -0.25) is 4.79 Å². The van der Waals surface area contributed by atoms with E-state index in [9.17, 15) is 14.4 Å². The van der Waals surface area contributed by atoms with Crippen molar-refractivity contribution in [2.24, 2.45) is 0 Å². The van der Waals surface area contributed by atoms with Gasteiger partial charge in [0.05, 0.1) is 18.3 Å². The van der Waals surface area contributed by atoms with Crippen molar-refractivity contribution in [2.75, 3.05) is 18.9 Å². The fourth-order valence-electron chi connectivity index (χ4n) is 2.82. The Labute approximate surface area is 134 Å². The van der Waals surface area contributed by atoms with E-state index >= 15 is 0 Å². The van der Waals surface area contributed by atoms with Crippen molar-refractivity contribution in [1.29, 1.82) is 5.26 Å². The standard InChI is InChI=1S/C16H19ClFN3O/c1-21(16(11-19)7-3-2-4-8-16)15(22)10-20-14-9-12(17)5-6-13(14)18/h5-6,9,20H,2-4,7-8,10H2,1H3. The van der Waals surface area contributed by atoms with Gasteiger partial charge in [0, 0.05) is 12.1 Å². The van der Waals surface area contributed by atoms with Gasteiger partial charge >= 0.3 is 0 Å². The highest BCUT2D eigenvalue weighted by Gasteiger charge is 2.38. The second-order valence-electron chi connectivity index (χ2n) is 5.63. The van der Waals surface area contributed by atoms with Crippen molar-refractivity contribution in [2.45, 2.75) is 37.6 Å². The lowest BCUT2D eigenvalue weighted by Gasteiger charge is -2.39. The van der Waals surface area contributed by atoms with E-state index in [-0.39, 0.29) is 18.1 Å². The third kappa shape index (κ3) is 3.50. The molecule has 0 bridgehead atoms. The Balaban J connectivity index is 2.02. The lowest BCUT2D eigenvalue weighted by molar-refractivity contribution is -0.132. The van der Waals surface area contributed by atoms with E-state index in [1.807, 2.05) is 0 Å². The highest BCUT2D eigenvalue weighted by molar-refractivity contribution is 6.30. The number of hydrogen-bond acceptors (Lipinski definition) is 3. The molecule has 0 unspecified atom stereocenters. The third-order valence-electron chi connectivity index (χ3n) is 4.26. The number of halogens is 2. The third-order valence-corrected chi connectivity index (χ3v) is 4.50. The van der Waals surface area contributed by atoms with Crippen LogP contribution in [-0.4, -0.2) is 29.9 Å². The van der Waals surface area contributed by atoms with E-state index in [0.717, 1.165) is 19.3 Å². The van der Waals surface area contributed by atoms with Gasteiger partial charge in [-0.15, -0.1) is 0 Å². The summed E-state index contributed by atoms with van der Waals surface area (Å²) in [5.74, 6) is -0.699.